The van der Waals surface area contributed by atoms with Gasteiger partial charge in [-0.25, -0.2) is 9.97 Å². The van der Waals surface area contributed by atoms with Crippen LogP contribution in [0.5, 0.6) is 0 Å². The van der Waals surface area contributed by atoms with E-state index in [9.17, 15) is 18.0 Å². The van der Waals surface area contributed by atoms with Gasteiger partial charge in [-0.2, -0.15) is 13.2 Å². The monoisotopic (exact) mass is 614 g/mol. The maximum absolute atomic E-state index is 14.2. The van der Waals surface area contributed by atoms with Gasteiger partial charge in [-0.1, -0.05) is 0 Å². The molecular weight excluding hydrogens is 585 g/mol. The molecule has 42 heavy (non-hydrogen) atoms. The average Bonchev–Trinajstić information content (AvgIpc) is 3.39. The molecule has 2 N–H and O–H groups in total. The Balaban J connectivity index is 1.12. The van der Waals surface area contributed by atoms with Gasteiger partial charge in [0.25, 0.3) is 5.91 Å². The Morgan fingerprint density at radius 3 is 2.67 bits per heavy atom. The standard InChI is InChI=1S/C29H29F3N6O2S2/c30-29(31,32)21-11-34-28(35-22-4-3-17(8-20(22)15-1-2-15)38-12-16-7-18(38)10-33-16)36-25(21)23-9-24-26(42-23)27(39)37(5-6-41-24)19-13-40-14-19/h3-4,8-9,11,15-16,18-19,33H,1-2,5-7,10,12-14H2,(H,34,35,36)/t16-,18-/m0/s1. The third kappa shape index (κ3) is 4.74. The Labute approximate surface area is 249 Å². The van der Waals surface area contributed by atoms with Crippen LogP contribution < -0.4 is 15.5 Å². The van der Waals surface area contributed by atoms with E-state index in [2.05, 4.69) is 37.6 Å². The van der Waals surface area contributed by atoms with Crippen molar-refractivity contribution in [3.8, 4) is 10.6 Å². The molecule has 1 aromatic carbocycles. The summed E-state index contributed by atoms with van der Waals surface area (Å²) in [6, 6.07) is 9.04. The molecule has 4 aliphatic heterocycles. The Morgan fingerprint density at radius 1 is 1.12 bits per heavy atom. The number of benzene rings is 1. The van der Waals surface area contributed by atoms with Gasteiger partial charge >= 0.3 is 6.18 Å². The number of hydrogen-bond acceptors (Lipinski definition) is 9. The Morgan fingerprint density at radius 2 is 1.98 bits per heavy atom. The lowest BCUT2D eigenvalue weighted by molar-refractivity contribution is -0.137. The fourth-order valence-corrected chi connectivity index (χ4v) is 8.71. The van der Waals surface area contributed by atoms with Gasteiger partial charge in [0.2, 0.25) is 5.95 Å². The number of nitrogens with one attached hydrogen (secondary N) is 2. The second kappa shape index (κ2) is 10.1. The van der Waals surface area contributed by atoms with Crippen LogP contribution in [0.1, 0.15) is 46.0 Å². The van der Waals surface area contributed by atoms with Gasteiger partial charge < -0.3 is 25.2 Å². The lowest BCUT2D eigenvalue weighted by Gasteiger charge is -2.36. The van der Waals surface area contributed by atoms with Crippen LogP contribution in [-0.2, 0) is 10.9 Å². The molecule has 0 spiro atoms. The largest absolute Gasteiger partial charge is 0.420 e. The number of piperazine rings is 1. The number of anilines is 3. The first-order valence-electron chi connectivity index (χ1n) is 14.3. The molecule has 3 saturated heterocycles. The predicted octanol–water partition coefficient (Wildman–Crippen LogP) is 5.34. The number of ether oxygens (including phenoxy) is 1. The summed E-state index contributed by atoms with van der Waals surface area (Å²) in [5.74, 6) is 1.03. The van der Waals surface area contributed by atoms with E-state index in [0.717, 1.165) is 61.1 Å². The maximum Gasteiger partial charge on any atom is 0.420 e. The van der Waals surface area contributed by atoms with Gasteiger partial charge in [-0.15, -0.1) is 23.1 Å². The number of carbonyl (C=O) groups excluding carboxylic acids is 1. The highest BCUT2D eigenvalue weighted by Crippen LogP contribution is 2.47. The summed E-state index contributed by atoms with van der Waals surface area (Å²) in [5.41, 5.74) is 2.03. The minimum atomic E-state index is -4.65. The Hall–Kier alpha value is -2.87. The van der Waals surface area contributed by atoms with Gasteiger partial charge in [0.05, 0.1) is 29.8 Å². The molecule has 1 aliphatic carbocycles. The normalized spacial score (nSPS) is 24.1. The summed E-state index contributed by atoms with van der Waals surface area (Å²) in [7, 11) is 0. The van der Waals surface area contributed by atoms with Crippen LogP contribution in [0, 0.1) is 0 Å². The molecule has 2 aromatic heterocycles. The minimum Gasteiger partial charge on any atom is -0.377 e. The van der Waals surface area contributed by atoms with Gasteiger partial charge in [0, 0.05) is 59.9 Å². The van der Waals surface area contributed by atoms with E-state index in [0.29, 0.717) is 58.2 Å². The first kappa shape index (κ1) is 26.7. The first-order chi connectivity index (χ1) is 20.3. The number of amides is 1. The third-order valence-corrected chi connectivity index (χ3v) is 11.1. The van der Waals surface area contributed by atoms with E-state index in [1.165, 1.54) is 17.4 Å². The number of nitrogens with zero attached hydrogens (tertiary/aromatic N) is 4. The van der Waals surface area contributed by atoms with E-state index in [4.69, 9.17) is 4.74 Å². The van der Waals surface area contributed by atoms with Crippen molar-refractivity contribution in [3.05, 3.63) is 46.5 Å². The van der Waals surface area contributed by atoms with Crippen LogP contribution in [0.2, 0.25) is 0 Å². The average molecular weight is 615 g/mol. The SMILES string of the molecule is O=C1c2sc(-c3nc(Nc4ccc(N5C[C@@H]6C[C@H]5CN6)cc4C4CC4)ncc3C(F)(F)F)cc2SCCN1C1COC1. The van der Waals surface area contributed by atoms with Crippen molar-refractivity contribution >= 4 is 46.3 Å². The number of fused-ring (bicyclic) bond motifs is 3. The minimum absolute atomic E-state index is 0.0134. The molecule has 1 saturated carbocycles. The summed E-state index contributed by atoms with van der Waals surface area (Å²) < 4.78 is 47.8. The molecule has 13 heteroatoms. The maximum atomic E-state index is 14.2. The first-order valence-corrected chi connectivity index (χ1v) is 16.1. The van der Waals surface area contributed by atoms with Crippen molar-refractivity contribution < 1.29 is 22.7 Å². The molecule has 4 fully saturated rings. The van der Waals surface area contributed by atoms with Crippen LogP contribution in [0.15, 0.2) is 35.4 Å². The van der Waals surface area contributed by atoms with E-state index >= 15 is 0 Å². The van der Waals surface area contributed by atoms with Crippen molar-refractivity contribution in [1.82, 2.24) is 20.2 Å². The zero-order chi connectivity index (χ0) is 28.6. The lowest BCUT2D eigenvalue weighted by Crippen LogP contribution is -2.52. The van der Waals surface area contributed by atoms with E-state index in [-0.39, 0.29) is 23.6 Å². The fourth-order valence-electron chi connectivity index (χ4n) is 6.39. The van der Waals surface area contributed by atoms with E-state index in [1.54, 1.807) is 11.0 Å². The number of thioether (sulfide) groups is 1. The summed E-state index contributed by atoms with van der Waals surface area (Å²) in [4.78, 5) is 27.6. The molecule has 0 unspecified atom stereocenters. The van der Waals surface area contributed by atoms with Crippen molar-refractivity contribution in [2.75, 3.05) is 48.8 Å². The lowest BCUT2D eigenvalue weighted by atomic mass is 10.1. The molecule has 2 atom stereocenters. The van der Waals surface area contributed by atoms with E-state index in [1.807, 2.05) is 6.07 Å². The third-order valence-electron chi connectivity index (χ3n) is 8.82. The van der Waals surface area contributed by atoms with Gasteiger partial charge in [0.1, 0.15) is 10.4 Å². The van der Waals surface area contributed by atoms with Crippen LogP contribution >= 0.6 is 23.1 Å². The van der Waals surface area contributed by atoms with Crippen LogP contribution in [0.4, 0.5) is 30.5 Å². The van der Waals surface area contributed by atoms with Gasteiger partial charge in [-0.3, -0.25) is 4.79 Å². The highest BCUT2D eigenvalue weighted by Gasteiger charge is 2.40. The van der Waals surface area contributed by atoms with Crippen LogP contribution in [-0.4, -0.2) is 77.5 Å². The highest BCUT2D eigenvalue weighted by atomic mass is 32.2. The van der Waals surface area contributed by atoms with Crippen LogP contribution in [0.3, 0.4) is 0 Å². The molecular formula is C29H29F3N6O2S2. The molecule has 8 nitrogen and oxygen atoms in total. The molecule has 6 heterocycles. The summed E-state index contributed by atoms with van der Waals surface area (Å²) in [6.07, 6.45) is -0.471. The molecule has 220 valence electrons. The number of alkyl halides is 3. The summed E-state index contributed by atoms with van der Waals surface area (Å²) in [5, 5.41) is 6.78. The van der Waals surface area contributed by atoms with Crippen molar-refractivity contribution in [2.24, 2.45) is 0 Å². The molecule has 2 bridgehead atoms. The van der Waals surface area contributed by atoms with Gasteiger partial charge in [-0.05, 0) is 55.0 Å². The zero-order valence-electron chi connectivity index (χ0n) is 22.6. The fraction of sp³-hybridized carbons (Fsp3) is 0.483. The second-order valence-electron chi connectivity index (χ2n) is 11.6. The Bertz CT molecular complexity index is 1560. The predicted molar refractivity (Wildman–Crippen MR) is 156 cm³/mol. The number of carbonyl (C=O) groups is 1. The quantitative estimate of drug-likeness (QED) is 0.385. The second-order valence-corrected chi connectivity index (χ2v) is 13.8. The van der Waals surface area contributed by atoms with E-state index < -0.39 is 11.7 Å². The topological polar surface area (TPSA) is 82.6 Å². The number of halogens is 3. The highest BCUT2D eigenvalue weighted by molar-refractivity contribution is 7.99. The number of thiophene rings is 1. The molecule has 1 amide bonds. The zero-order valence-corrected chi connectivity index (χ0v) is 24.2. The smallest absolute Gasteiger partial charge is 0.377 e. The number of hydrogen-bond donors (Lipinski definition) is 2. The summed E-state index contributed by atoms with van der Waals surface area (Å²) in [6.45, 7) is 3.55. The van der Waals surface area contributed by atoms with Crippen molar-refractivity contribution in [3.63, 3.8) is 0 Å². The van der Waals surface area contributed by atoms with Crippen molar-refractivity contribution in [2.45, 2.75) is 54.4 Å². The molecule has 0 radical (unpaired) electrons. The number of rotatable bonds is 6. The molecule has 5 aliphatic rings. The van der Waals surface area contributed by atoms with Crippen LogP contribution in [0.25, 0.3) is 10.6 Å². The molecule has 8 rings (SSSR count). The number of aromatic nitrogens is 2. The Kier molecular flexibility index (Phi) is 6.43. The van der Waals surface area contributed by atoms with Crippen molar-refractivity contribution in [1.29, 1.82) is 0 Å². The molecule has 3 aromatic rings. The van der Waals surface area contributed by atoms with Gasteiger partial charge in [0.15, 0.2) is 0 Å². The summed E-state index contributed by atoms with van der Waals surface area (Å²) >= 11 is 2.56.